The molecule has 0 spiro atoms. The van der Waals surface area contributed by atoms with Gasteiger partial charge in [0.15, 0.2) is 47.4 Å². The Morgan fingerprint density at radius 3 is 2.30 bits per heavy atom. The van der Waals surface area contributed by atoms with Crippen LogP contribution < -0.4 is 16.0 Å². The Balaban J connectivity index is 0.996. The summed E-state index contributed by atoms with van der Waals surface area (Å²) in [4.78, 5) is 59.4. The summed E-state index contributed by atoms with van der Waals surface area (Å²) in [6, 6.07) is 6.60. The molecule has 2 bridgehead atoms. The Labute approximate surface area is 387 Å². The molecule has 3 aliphatic rings. The molecule has 0 saturated carbocycles. The summed E-state index contributed by atoms with van der Waals surface area (Å²) in [5.74, 6) is 0.258. The third-order valence-corrected chi connectivity index (χ3v) is 16.7. The molecular formula is C41H53F2N9O12P2S. The number of halogens is 2. The molecule has 8 rings (SSSR count). The molecule has 0 radical (unpaired) electrons. The number of unbranched alkanes of at least 4 members (excludes halogenated alkanes) is 8. The molecule has 3 saturated heterocycles. The first-order valence-corrected chi connectivity index (χ1v) is 27.0. The highest BCUT2D eigenvalue weighted by Crippen LogP contribution is 2.62. The largest absolute Gasteiger partial charge is 0.472 e. The smallest absolute Gasteiger partial charge is 0.427 e. The quantitative estimate of drug-likeness (QED) is 0.0383. The molecule has 3 aliphatic heterocycles. The van der Waals surface area contributed by atoms with Crippen LogP contribution >= 0.6 is 25.8 Å². The number of aromatic amines is 1. The number of nitrogens with zero attached hydrogens (tertiary/aromatic N) is 7. The van der Waals surface area contributed by atoms with E-state index in [0.29, 0.717) is 17.7 Å². The van der Waals surface area contributed by atoms with Gasteiger partial charge in [-0.2, -0.15) is 0 Å². The van der Waals surface area contributed by atoms with E-state index < -0.39 is 88.7 Å². The number of benzene rings is 1. The number of nitrogen functional groups attached to an aromatic ring is 1. The molecule has 2 unspecified atom stereocenters. The minimum Gasteiger partial charge on any atom is -0.427 e. The van der Waals surface area contributed by atoms with Gasteiger partial charge in [-0.3, -0.25) is 32.3 Å². The number of rotatable bonds is 16. The summed E-state index contributed by atoms with van der Waals surface area (Å²) in [6.45, 7) is -1.95. The standard InChI is InChI=1S/C41H53F2N9O12P2S/c1-3-4-5-6-7-8-9-10-11-12-29(53)61-26-15-13-25(14-16-26)19-67-65(55)23-58-34-28(63-40(31(34)43)51-21-47-32-36(44)45-20-46-37(32)51)18-60-66(56,57)64-35-30(42)27(17-59-65)62-41(35)52-22-48-33-38(52)49-24(2)50-39(33)54/h13-16,20-22,27-28,30-31,34-35,40-41H,3-12,17-19,23H2,1-2H3,(H,56,57)(H2,44,45,46)(H,49,50,54)/t27-,28-,30-,31-,34-,35-,40-,41-,65?/m1/s1. The normalized spacial score (nSPS) is 29.3. The van der Waals surface area contributed by atoms with Crippen molar-refractivity contribution in [1.29, 1.82) is 0 Å². The van der Waals surface area contributed by atoms with Crippen LogP contribution in [0.2, 0.25) is 0 Å². The fourth-order valence-electron chi connectivity index (χ4n) is 8.11. The topological polar surface area (TPSA) is 269 Å². The van der Waals surface area contributed by atoms with Gasteiger partial charge in [0.25, 0.3) is 12.1 Å². The highest BCUT2D eigenvalue weighted by atomic mass is 32.7. The Bertz CT molecular complexity index is 2660. The number of alkyl halides is 2. The maximum absolute atomic E-state index is 16.7. The zero-order chi connectivity index (χ0) is 47.3. The van der Waals surface area contributed by atoms with Crippen LogP contribution in [-0.2, 0) is 47.5 Å². The fourth-order valence-corrected chi connectivity index (χ4v) is 12.4. The summed E-state index contributed by atoms with van der Waals surface area (Å²) in [7, 11) is -5.24. The SMILES string of the molecule is CCCCCCCCCCCC(=O)Oc1ccc(CSP2(=O)CO[C@H]3[C@@H](F)[C@H](n4cnc5c(N)ncnc54)O[C@@H]3COP(=O)(O)O[C@@H]3[C@H](F)[C@@H](CO2)O[C@H]3n2cnc3c(=O)[nH]c(C)nc32)cc1. The van der Waals surface area contributed by atoms with E-state index in [1.807, 2.05) is 0 Å². The van der Waals surface area contributed by atoms with Crippen LogP contribution in [0.4, 0.5) is 14.6 Å². The first-order valence-electron chi connectivity index (χ1n) is 22.1. The van der Waals surface area contributed by atoms with Crippen molar-refractivity contribution in [2.45, 2.75) is 133 Å². The summed E-state index contributed by atoms with van der Waals surface area (Å²) < 4.78 is 104. The molecule has 67 heavy (non-hydrogen) atoms. The molecule has 364 valence electrons. The van der Waals surface area contributed by atoms with E-state index in [4.69, 9.17) is 38.3 Å². The molecule has 7 heterocycles. The number of aromatic nitrogens is 8. The second-order valence-electron chi connectivity index (χ2n) is 16.5. The molecule has 10 atom stereocenters. The zero-order valence-corrected chi connectivity index (χ0v) is 39.4. The number of carbonyl (C=O) groups excluding carboxylic acids is 1. The molecule has 0 amide bonds. The van der Waals surface area contributed by atoms with Crippen LogP contribution in [0.1, 0.15) is 95.0 Å². The lowest BCUT2D eigenvalue weighted by molar-refractivity contribution is -0.134. The second-order valence-corrected chi connectivity index (χ2v) is 22.7. The van der Waals surface area contributed by atoms with Gasteiger partial charge >= 0.3 is 13.8 Å². The van der Waals surface area contributed by atoms with Crippen molar-refractivity contribution in [3.63, 3.8) is 0 Å². The van der Waals surface area contributed by atoms with Gasteiger partial charge in [-0.15, -0.1) is 0 Å². The van der Waals surface area contributed by atoms with Crippen LogP contribution in [0.5, 0.6) is 5.75 Å². The fraction of sp³-hybridized carbons (Fsp3) is 0.585. The lowest BCUT2D eigenvalue weighted by Crippen LogP contribution is -2.36. The summed E-state index contributed by atoms with van der Waals surface area (Å²) >= 11 is 0.826. The summed E-state index contributed by atoms with van der Waals surface area (Å²) in [5, 5.41) is 0. The van der Waals surface area contributed by atoms with Crippen LogP contribution in [0.15, 0.2) is 48.0 Å². The highest BCUT2D eigenvalue weighted by Gasteiger charge is 2.54. The first kappa shape index (κ1) is 49.2. The number of imidazole rings is 2. The van der Waals surface area contributed by atoms with Gasteiger partial charge in [0, 0.05) is 12.2 Å². The number of H-pyrrole nitrogens is 1. The molecule has 4 N–H and O–H groups in total. The number of phosphoric acid groups is 1. The number of anilines is 1. The minimum absolute atomic E-state index is 0.0213. The summed E-state index contributed by atoms with van der Waals surface area (Å²) in [6.07, 6.45) is -0.703. The van der Waals surface area contributed by atoms with Crippen LogP contribution in [0.25, 0.3) is 22.3 Å². The minimum atomic E-state index is -5.24. The number of fused-ring (bicyclic) bond motifs is 5. The molecule has 0 aliphatic carbocycles. The van der Waals surface area contributed by atoms with E-state index >= 15 is 8.78 Å². The number of ether oxygens (including phenoxy) is 4. The average molecular weight is 996 g/mol. The highest BCUT2D eigenvalue weighted by molar-refractivity contribution is 8.56. The van der Waals surface area contributed by atoms with Crippen molar-refractivity contribution < 1.29 is 60.1 Å². The Hall–Kier alpha value is -4.22. The van der Waals surface area contributed by atoms with E-state index in [0.717, 1.165) is 49.7 Å². The summed E-state index contributed by atoms with van der Waals surface area (Å²) in [5.41, 5.74) is 6.10. The third-order valence-electron chi connectivity index (χ3n) is 11.6. The maximum atomic E-state index is 16.7. The predicted octanol–water partition coefficient (Wildman–Crippen LogP) is 7.15. The van der Waals surface area contributed by atoms with Crippen molar-refractivity contribution in [3.8, 4) is 5.75 Å². The van der Waals surface area contributed by atoms with Gasteiger partial charge in [0.2, 0.25) is 0 Å². The lowest BCUT2D eigenvalue weighted by Gasteiger charge is -2.26. The van der Waals surface area contributed by atoms with Crippen LogP contribution in [-0.4, -0.2) is 106 Å². The average Bonchev–Trinajstić information content (AvgIpc) is 4.07. The zero-order valence-electron chi connectivity index (χ0n) is 36.8. The van der Waals surface area contributed by atoms with Crippen molar-refractivity contribution in [2.24, 2.45) is 0 Å². The second kappa shape index (κ2) is 21.6. The van der Waals surface area contributed by atoms with Crippen LogP contribution in [0.3, 0.4) is 0 Å². The van der Waals surface area contributed by atoms with E-state index in [-0.39, 0.29) is 45.7 Å². The number of nitrogens with two attached hydrogens (primary N) is 1. The third kappa shape index (κ3) is 11.6. The van der Waals surface area contributed by atoms with Gasteiger partial charge in [-0.1, -0.05) is 81.8 Å². The van der Waals surface area contributed by atoms with Crippen molar-refractivity contribution in [1.82, 2.24) is 39.0 Å². The van der Waals surface area contributed by atoms with Gasteiger partial charge < -0.3 is 39.1 Å². The number of nitrogens with one attached hydrogen (secondary N) is 1. The monoisotopic (exact) mass is 995 g/mol. The van der Waals surface area contributed by atoms with Crippen molar-refractivity contribution in [3.05, 3.63) is 65.0 Å². The lowest BCUT2D eigenvalue weighted by atomic mass is 10.1. The van der Waals surface area contributed by atoms with Gasteiger partial charge in [-0.05, 0) is 31.0 Å². The van der Waals surface area contributed by atoms with Crippen molar-refractivity contribution >= 4 is 59.9 Å². The Morgan fingerprint density at radius 1 is 0.881 bits per heavy atom. The molecule has 21 nitrogen and oxygen atoms in total. The molecule has 3 fully saturated rings. The van der Waals surface area contributed by atoms with E-state index in [2.05, 4.69) is 36.8 Å². The van der Waals surface area contributed by atoms with E-state index in [1.54, 1.807) is 24.3 Å². The van der Waals surface area contributed by atoms with E-state index in [9.17, 15) is 23.6 Å². The number of aryl methyl sites for hydroxylation is 1. The number of hydrogen-bond donors (Lipinski definition) is 3. The van der Waals surface area contributed by atoms with Gasteiger partial charge in [-0.25, -0.2) is 38.3 Å². The predicted molar refractivity (Wildman–Crippen MR) is 239 cm³/mol. The Morgan fingerprint density at radius 2 is 1.55 bits per heavy atom. The number of carbonyl (C=O) groups is 1. The number of esters is 1. The molecule has 5 aromatic rings. The molecule has 26 heteroatoms. The molecule has 4 aromatic heterocycles. The number of hydrogen-bond acceptors (Lipinski definition) is 18. The van der Waals surface area contributed by atoms with Gasteiger partial charge in [0.05, 0.1) is 25.9 Å². The maximum Gasteiger partial charge on any atom is 0.472 e. The Kier molecular flexibility index (Phi) is 15.9. The number of phosphoric ester groups is 1. The van der Waals surface area contributed by atoms with Crippen LogP contribution in [0, 0.1) is 6.92 Å². The van der Waals surface area contributed by atoms with Gasteiger partial charge in [0.1, 0.15) is 54.2 Å². The molecular weight excluding hydrogens is 943 g/mol. The van der Waals surface area contributed by atoms with E-state index in [1.165, 1.54) is 54.5 Å². The first-order chi connectivity index (χ1) is 32.2. The molecule has 1 aromatic carbocycles. The van der Waals surface area contributed by atoms with Crippen molar-refractivity contribution in [2.75, 3.05) is 25.3 Å².